The summed E-state index contributed by atoms with van der Waals surface area (Å²) in [7, 11) is 2.17. The van der Waals surface area contributed by atoms with E-state index in [0.717, 1.165) is 53.0 Å². The van der Waals surface area contributed by atoms with E-state index >= 15 is 0 Å². The van der Waals surface area contributed by atoms with E-state index in [2.05, 4.69) is 58.4 Å². The molecular weight excluding hydrogens is 567 g/mol. The highest BCUT2D eigenvalue weighted by Crippen LogP contribution is 2.28. The second-order valence-corrected chi connectivity index (χ2v) is 11.3. The van der Waals surface area contributed by atoms with E-state index in [0.29, 0.717) is 0 Å². The van der Waals surface area contributed by atoms with Crippen LogP contribution in [0.3, 0.4) is 0 Å². The summed E-state index contributed by atoms with van der Waals surface area (Å²) >= 11 is 12.3. The third-order valence-corrected chi connectivity index (χ3v) is 7.59. The van der Waals surface area contributed by atoms with Crippen LogP contribution in [0.4, 0.5) is 0 Å². The summed E-state index contributed by atoms with van der Waals surface area (Å²) < 4.78 is 11.7. The summed E-state index contributed by atoms with van der Waals surface area (Å²) in [6, 6.07) is 31.6. The Morgan fingerprint density at radius 3 is 1.76 bits per heavy atom. The Labute approximate surface area is 258 Å². The molecule has 0 aliphatic rings. The number of hydrogen-bond donors (Lipinski definition) is 0. The first-order valence-corrected chi connectivity index (χ1v) is 14.8. The van der Waals surface area contributed by atoms with Crippen LogP contribution in [0.15, 0.2) is 102 Å². The number of hydrogen-bond acceptors (Lipinski definition) is 4. The normalized spacial score (nSPS) is 11.8. The molecule has 4 aromatic carbocycles. The summed E-state index contributed by atoms with van der Waals surface area (Å²) in [6.07, 6.45) is 1.99. The van der Waals surface area contributed by atoms with E-state index in [1.165, 1.54) is 16.7 Å². The summed E-state index contributed by atoms with van der Waals surface area (Å²) in [5, 5.41) is 5.30. The highest BCUT2D eigenvalue weighted by atomic mass is 35.5. The van der Waals surface area contributed by atoms with E-state index in [9.17, 15) is 0 Å². The SMILES string of the molecule is Cc1ccc(OCC(COc2ccc(CCCN(C)CC(c3ccc(Cl)cc3)c3ccc(Cl)cc3)cc2)N=[N+]=[N-])cc1. The molecule has 4 aromatic rings. The smallest absolute Gasteiger partial charge is 0.119 e. The lowest BCUT2D eigenvalue weighted by Crippen LogP contribution is -2.26. The summed E-state index contributed by atoms with van der Waals surface area (Å²) in [6.45, 7) is 4.35. The molecule has 0 saturated heterocycles. The van der Waals surface area contributed by atoms with Gasteiger partial charge in [0.2, 0.25) is 0 Å². The number of aryl methyl sites for hydroxylation is 2. The minimum absolute atomic E-state index is 0.220. The van der Waals surface area contributed by atoms with Crippen molar-refractivity contribution in [2.75, 3.05) is 33.4 Å². The molecule has 1 atom stereocenters. The van der Waals surface area contributed by atoms with Crippen molar-refractivity contribution in [3.05, 3.63) is 140 Å². The van der Waals surface area contributed by atoms with Gasteiger partial charge in [-0.15, -0.1) is 0 Å². The highest BCUT2D eigenvalue weighted by Gasteiger charge is 2.17. The average molecular weight is 604 g/mol. The number of likely N-dealkylation sites (N-methyl/N-ethyl adjacent to an activating group) is 1. The predicted molar refractivity (Wildman–Crippen MR) is 172 cm³/mol. The van der Waals surface area contributed by atoms with Crippen LogP contribution in [0.25, 0.3) is 10.4 Å². The Morgan fingerprint density at radius 2 is 1.26 bits per heavy atom. The zero-order valence-electron chi connectivity index (χ0n) is 24.0. The molecule has 0 radical (unpaired) electrons. The molecule has 0 N–H and O–H groups in total. The Kier molecular flexibility index (Phi) is 12.0. The molecule has 218 valence electrons. The zero-order valence-corrected chi connectivity index (χ0v) is 25.5. The first-order chi connectivity index (χ1) is 20.4. The van der Waals surface area contributed by atoms with E-state index in [4.69, 9.17) is 38.2 Å². The molecule has 0 spiro atoms. The van der Waals surface area contributed by atoms with Crippen LogP contribution in [-0.2, 0) is 6.42 Å². The van der Waals surface area contributed by atoms with Gasteiger partial charge < -0.3 is 14.4 Å². The minimum Gasteiger partial charge on any atom is -0.493 e. The van der Waals surface area contributed by atoms with Crippen LogP contribution >= 0.6 is 23.2 Å². The van der Waals surface area contributed by atoms with E-state index in [1.54, 1.807) is 0 Å². The molecule has 0 saturated carbocycles. The lowest BCUT2D eigenvalue weighted by atomic mass is 9.91. The molecule has 0 aliphatic carbocycles. The molecule has 6 nitrogen and oxygen atoms in total. The summed E-state index contributed by atoms with van der Waals surface area (Å²) in [4.78, 5) is 5.32. The number of ether oxygens (including phenoxy) is 2. The molecule has 0 amide bonds. The number of nitrogens with zero attached hydrogens (tertiary/aromatic N) is 4. The predicted octanol–water partition coefficient (Wildman–Crippen LogP) is 9.14. The van der Waals surface area contributed by atoms with Crippen molar-refractivity contribution in [2.24, 2.45) is 5.11 Å². The molecule has 8 heteroatoms. The molecule has 42 heavy (non-hydrogen) atoms. The van der Waals surface area contributed by atoms with Gasteiger partial charge >= 0.3 is 0 Å². The van der Waals surface area contributed by atoms with E-state index in [-0.39, 0.29) is 19.1 Å². The van der Waals surface area contributed by atoms with Crippen molar-refractivity contribution in [1.82, 2.24) is 4.90 Å². The molecule has 0 fully saturated rings. The maximum atomic E-state index is 8.94. The third-order valence-electron chi connectivity index (χ3n) is 7.09. The van der Waals surface area contributed by atoms with Gasteiger partial charge in [-0.2, -0.15) is 0 Å². The van der Waals surface area contributed by atoms with Crippen molar-refractivity contribution in [1.29, 1.82) is 0 Å². The van der Waals surface area contributed by atoms with Crippen molar-refractivity contribution in [3.63, 3.8) is 0 Å². The number of halogens is 2. The van der Waals surface area contributed by atoms with Gasteiger partial charge in [-0.05, 0) is 104 Å². The van der Waals surface area contributed by atoms with Gasteiger partial charge in [0.25, 0.3) is 0 Å². The standard InChI is InChI=1S/C34H36Cl2N4O2/c1-25-5-17-32(18-6-25)41-23-31(38-39-37)24-42-33-19-7-26(8-20-33)4-3-21-40(2)22-34(27-9-13-29(35)14-10-27)28-11-15-30(36)16-12-28/h5-20,31,34H,3-4,21-24H2,1-2H3. The first kappa shape index (κ1) is 31.3. The Bertz CT molecular complexity index is 1380. The van der Waals surface area contributed by atoms with Gasteiger partial charge in [-0.3, -0.25) is 0 Å². The zero-order chi connectivity index (χ0) is 29.7. The van der Waals surface area contributed by atoms with Gasteiger partial charge in [-0.1, -0.05) is 82.4 Å². The topological polar surface area (TPSA) is 70.5 Å². The lowest BCUT2D eigenvalue weighted by Gasteiger charge is -2.25. The maximum absolute atomic E-state index is 8.94. The Balaban J connectivity index is 1.24. The minimum atomic E-state index is -0.434. The Hall–Kier alpha value is -3.67. The fourth-order valence-corrected chi connectivity index (χ4v) is 4.96. The largest absolute Gasteiger partial charge is 0.493 e. The van der Waals surface area contributed by atoms with Gasteiger partial charge in [0.15, 0.2) is 0 Å². The van der Waals surface area contributed by atoms with Gasteiger partial charge in [0, 0.05) is 27.4 Å². The average Bonchev–Trinajstić information content (AvgIpc) is 3.00. The van der Waals surface area contributed by atoms with E-state index < -0.39 is 6.04 Å². The highest BCUT2D eigenvalue weighted by molar-refractivity contribution is 6.30. The molecule has 4 rings (SSSR count). The van der Waals surface area contributed by atoms with Crippen LogP contribution in [0, 0.1) is 6.92 Å². The van der Waals surface area contributed by atoms with Crippen molar-refractivity contribution >= 4 is 23.2 Å². The quantitative estimate of drug-likeness (QED) is 0.0773. The molecule has 0 aliphatic heterocycles. The van der Waals surface area contributed by atoms with Crippen molar-refractivity contribution < 1.29 is 9.47 Å². The van der Waals surface area contributed by atoms with Crippen LogP contribution in [0.2, 0.25) is 10.0 Å². The second kappa shape index (κ2) is 16.1. The summed E-state index contributed by atoms with van der Waals surface area (Å²) in [5.41, 5.74) is 13.8. The summed E-state index contributed by atoms with van der Waals surface area (Å²) in [5.74, 6) is 1.69. The van der Waals surface area contributed by atoms with Crippen LogP contribution < -0.4 is 9.47 Å². The van der Waals surface area contributed by atoms with E-state index in [1.807, 2.05) is 67.6 Å². The van der Waals surface area contributed by atoms with Gasteiger partial charge in [-0.25, -0.2) is 0 Å². The monoisotopic (exact) mass is 602 g/mol. The lowest BCUT2D eigenvalue weighted by molar-refractivity contribution is 0.220. The Morgan fingerprint density at radius 1 is 0.762 bits per heavy atom. The third kappa shape index (κ3) is 10.0. The molecule has 0 bridgehead atoms. The second-order valence-electron chi connectivity index (χ2n) is 10.5. The molecule has 1 unspecified atom stereocenters. The number of benzene rings is 4. The fourth-order valence-electron chi connectivity index (χ4n) is 4.71. The molecule has 0 heterocycles. The first-order valence-electron chi connectivity index (χ1n) is 14.0. The fraction of sp³-hybridized carbons (Fsp3) is 0.294. The molecule has 0 aromatic heterocycles. The van der Waals surface area contributed by atoms with Crippen molar-refractivity contribution in [3.8, 4) is 11.5 Å². The maximum Gasteiger partial charge on any atom is 0.119 e. The van der Waals surface area contributed by atoms with Crippen molar-refractivity contribution in [2.45, 2.75) is 31.7 Å². The van der Waals surface area contributed by atoms with Crippen LogP contribution in [-0.4, -0.2) is 44.3 Å². The van der Waals surface area contributed by atoms with Crippen LogP contribution in [0.5, 0.6) is 11.5 Å². The van der Waals surface area contributed by atoms with Gasteiger partial charge in [0.1, 0.15) is 17.5 Å². The number of azide groups is 1. The van der Waals surface area contributed by atoms with Crippen LogP contribution in [0.1, 0.15) is 34.6 Å². The van der Waals surface area contributed by atoms with Gasteiger partial charge in [0.05, 0.1) is 13.2 Å². The molecular formula is C34H36Cl2N4O2. The number of rotatable bonds is 15.